The molecular weight excluding hydrogens is 1690 g/mol. The summed E-state index contributed by atoms with van der Waals surface area (Å²) < 4.78 is 8.23. The summed E-state index contributed by atoms with van der Waals surface area (Å²) in [4.78, 5) is 114. The smallest absolute Gasteiger partial charge is 0.272 e. The average Bonchev–Trinajstić information content (AvgIpc) is 1.63. The van der Waals surface area contributed by atoms with Crippen molar-refractivity contribution in [2.45, 2.75) is 71.1 Å². The van der Waals surface area contributed by atoms with E-state index in [4.69, 9.17) is 4.98 Å². The zero-order valence-corrected chi connectivity index (χ0v) is 79.6. The van der Waals surface area contributed by atoms with Crippen molar-refractivity contribution in [3.8, 4) is 0 Å². The van der Waals surface area contributed by atoms with Gasteiger partial charge in [-0.3, -0.25) is 33.2 Å². The number of rotatable bonds is 20. The van der Waals surface area contributed by atoms with E-state index in [0.717, 1.165) is 292 Å². The number of aromatic nitrogens is 13. The van der Waals surface area contributed by atoms with Gasteiger partial charge in [-0.1, -0.05) is 6.92 Å². The molecule has 12 aromatic heterocycles. The number of carbonyl (C=O) groups excluding carboxylic acids is 4. The van der Waals surface area contributed by atoms with Crippen LogP contribution in [0.15, 0.2) is 141 Å². The predicted octanol–water partition coefficient (Wildman–Crippen LogP) is 9.57. The number of carbonyl (C=O) groups is 4. The van der Waals surface area contributed by atoms with Gasteiger partial charge in [0.2, 0.25) is 5.95 Å². The molecule has 134 heavy (non-hydrogen) atoms. The number of anilines is 12. The second kappa shape index (κ2) is 42.2. The van der Waals surface area contributed by atoms with Crippen molar-refractivity contribution in [1.29, 1.82) is 0 Å². The minimum atomic E-state index is -0.0451. The zero-order chi connectivity index (χ0) is 93.0. The first-order valence-electron chi connectivity index (χ1n) is 47.6. The lowest BCUT2D eigenvalue weighted by atomic mass is 10.0. The molecule has 37 nitrogen and oxygen atoms in total. The number of piperidine rings is 3. The van der Waals surface area contributed by atoms with Gasteiger partial charge in [0.25, 0.3) is 23.6 Å². The maximum absolute atomic E-state index is 13.0. The summed E-state index contributed by atoms with van der Waals surface area (Å²) in [5.74, 6) is 6.18. The molecule has 0 bridgehead atoms. The highest BCUT2D eigenvalue weighted by molar-refractivity contribution is 6.02. The predicted molar refractivity (Wildman–Crippen MR) is 536 cm³/mol. The van der Waals surface area contributed by atoms with Gasteiger partial charge in [-0.05, 0) is 157 Å². The zero-order valence-electron chi connectivity index (χ0n) is 79.6. The molecule has 0 unspecified atom stereocenters. The lowest BCUT2D eigenvalue weighted by Gasteiger charge is -2.34. The molecule has 4 amide bonds. The van der Waals surface area contributed by atoms with E-state index in [2.05, 4.69) is 181 Å². The van der Waals surface area contributed by atoms with Crippen LogP contribution in [0.5, 0.6) is 0 Å². The summed E-state index contributed by atoms with van der Waals surface area (Å²) in [6, 6.07) is 30.1. The molecule has 20 rings (SSSR count). The lowest BCUT2D eigenvalue weighted by Crippen LogP contribution is -2.44. The fraction of sp³-hybridized carbons (Fsp3) is 0.474. The molecule has 0 saturated carbocycles. The second-order valence-electron chi connectivity index (χ2n) is 37.0. The van der Waals surface area contributed by atoms with E-state index in [1.807, 2.05) is 115 Å². The standard InChI is InChI=1S/C25H34N8O.C24H33N9O.2C24H32N8O/c1-29(2)25(34)22-15-19-17-26-24(16-21(19)33(22)32-9-5-4-6-10-32)28-23-8-7-20(18-27-23)31-13-11-30(3)12-14-31;1-17-6-10-32(11-7-17)33-20(23(34)30(2)3)14-18-15-27-24(29-22(18)33)28-21-5-4-19(16-26-21)31-12-8-25-9-13-31;1-28(2)24(33)21-14-18-16-25-23(15-20(18)32(21)31-8-4-5-9-31)27-22-7-6-19(17-26-22)30-12-10-29(3)11-13-30;1-29(2)24(33)21-14-18-16-26-23(15-20(18)32(21)31-10-4-3-5-11-31)28-22-7-6-19(17-27-22)30-12-8-25-9-13-30/h7-8,15-18H,4-6,9-14H2,1-3H3,(H,26,27,28);4-5,14-17,25H,6-13H2,1-3H3,(H,26,27,28,29);6-7,14-17H,4-5,8-13H2,1-3H3,(H,25,26,27);6-7,14-17,25H,3-5,8-13H2,1-2H3,(H,26,27,28). The normalized spacial score (nSPS) is 17.1. The Bertz CT molecular complexity index is 5980. The van der Waals surface area contributed by atoms with E-state index in [1.165, 1.54) is 12.8 Å². The van der Waals surface area contributed by atoms with Gasteiger partial charge in [-0.25, -0.2) is 44.5 Å². The van der Waals surface area contributed by atoms with Crippen LogP contribution < -0.4 is 71.5 Å². The third-order valence-corrected chi connectivity index (χ3v) is 26.3. The van der Waals surface area contributed by atoms with Gasteiger partial charge in [0, 0.05) is 278 Å². The number of piperazine rings is 4. The molecule has 0 atom stereocenters. The van der Waals surface area contributed by atoms with E-state index in [-0.39, 0.29) is 23.6 Å². The molecule has 708 valence electrons. The van der Waals surface area contributed by atoms with Crippen molar-refractivity contribution in [2.24, 2.45) is 5.92 Å². The van der Waals surface area contributed by atoms with Crippen molar-refractivity contribution < 1.29 is 19.2 Å². The number of hydrogen-bond donors (Lipinski definition) is 6. The number of nitrogens with zero attached hydrogens (tertiary/aromatic N) is 27. The Labute approximate surface area is 784 Å². The Morgan fingerprint density at radius 1 is 0.306 bits per heavy atom. The van der Waals surface area contributed by atoms with Crippen molar-refractivity contribution >= 4 is 137 Å². The first-order chi connectivity index (χ1) is 65.1. The summed E-state index contributed by atoms with van der Waals surface area (Å²) in [5, 5.41) is 32.8. The van der Waals surface area contributed by atoms with Crippen molar-refractivity contribution in [3.05, 3.63) is 163 Å². The molecule has 20 heterocycles. The minimum Gasteiger partial charge on any atom is -0.368 e. The van der Waals surface area contributed by atoms with Gasteiger partial charge < -0.3 is 101 Å². The Hall–Kier alpha value is -13.4. The fourth-order valence-electron chi connectivity index (χ4n) is 18.6. The first kappa shape index (κ1) is 92.5. The molecular formula is C97H131N33O4. The van der Waals surface area contributed by atoms with Gasteiger partial charge in [0.15, 0.2) is 5.65 Å². The third-order valence-electron chi connectivity index (χ3n) is 26.3. The van der Waals surface area contributed by atoms with E-state index in [0.29, 0.717) is 57.9 Å². The highest BCUT2D eigenvalue weighted by atomic mass is 16.2. The Morgan fingerprint density at radius 3 is 0.910 bits per heavy atom. The van der Waals surface area contributed by atoms with Crippen molar-refractivity contribution in [1.82, 2.24) is 104 Å². The Kier molecular flexibility index (Phi) is 29.1. The van der Waals surface area contributed by atoms with Crippen LogP contribution in [0.1, 0.15) is 113 Å². The number of fused-ring (bicyclic) bond motifs is 4. The average molecular weight is 1820 g/mol. The number of nitrogens with one attached hydrogen (secondary N) is 6. The summed E-state index contributed by atoms with van der Waals surface area (Å²) in [6.07, 6.45) is 26.4. The number of likely N-dealkylation sites (N-methyl/N-ethyl adjacent to an activating group) is 2. The van der Waals surface area contributed by atoms with Crippen LogP contribution in [0.25, 0.3) is 43.7 Å². The third kappa shape index (κ3) is 21.6. The summed E-state index contributed by atoms with van der Waals surface area (Å²) >= 11 is 0. The van der Waals surface area contributed by atoms with Crippen LogP contribution in [0.2, 0.25) is 0 Å². The second-order valence-corrected chi connectivity index (χ2v) is 37.0. The maximum atomic E-state index is 13.0. The van der Waals surface area contributed by atoms with Gasteiger partial charge in [-0.15, -0.1) is 0 Å². The van der Waals surface area contributed by atoms with Crippen LogP contribution >= 0.6 is 0 Å². The monoisotopic (exact) mass is 1820 g/mol. The Morgan fingerprint density at radius 2 is 0.590 bits per heavy atom. The highest BCUT2D eigenvalue weighted by Crippen LogP contribution is 2.34. The van der Waals surface area contributed by atoms with E-state index < -0.39 is 0 Å². The molecule has 0 spiro atoms. The Balaban J connectivity index is 0.000000124. The van der Waals surface area contributed by atoms with Crippen molar-refractivity contribution in [2.75, 3.05) is 288 Å². The van der Waals surface area contributed by atoms with Gasteiger partial charge in [0.05, 0.1) is 64.1 Å². The van der Waals surface area contributed by atoms with Crippen LogP contribution in [-0.2, 0) is 0 Å². The molecule has 0 radical (unpaired) electrons. The molecule has 6 N–H and O–H groups in total. The minimum absolute atomic E-state index is 0.00237. The maximum Gasteiger partial charge on any atom is 0.272 e. The topological polar surface area (TPSA) is 322 Å². The molecule has 8 aliphatic rings. The molecule has 37 heteroatoms. The van der Waals surface area contributed by atoms with Crippen LogP contribution in [0, 0.1) is 5.92 Å². The first-order valence-corrected chi connectivity index (χ1v) is 47.6. The molecule has 8 fully saturated rings. The van der Waals surface area contributed by atoms with E-state index >= 15 is 0 Å². The molecule has 8 aliphatic heterocycles. The number of amides is 4. The van der Waals surface area contributed by atoms with Gasteiger partial charge in [-0.2, -0.15) is 4.98 Å². The van der Waals surface area contributed by atoms with E-state index in [9.17, 15) is 19.2 Å². The molecule has 12 aromatic rings. The van der Waals surface area contributed by atoms with E-state index in [1.54, 1.807) is 82.2 Å². The lowest BCUT2D eigenvalue weighted by molar-refractivity contribution is 0.0809. The molecule has 8 saturated heterocycles. The quantitative estimate of drug-likeness (QED) is 0.0413. The van der Waals surface area contributed by atoms with Gasteiger partial charge >= 0.3 is 0 Å². The molecule has 0 aromatic carbocycles. The number of hydrogen-bond acceptors (Lipinski definition) is 29. The molecule has 0 aliphatic carbocycles. The summed E-state index contributed by atoms with van der Waals surface area (Å²) in [6.45, 7) is 26.0. The summed E-state index contributed by atoms with van der Waals surface area (Å²) in [5.41, 5.74) is 10.9. The van der Waals surface area contributed by atoms with Crippen LogP contribution in [-0.4, -0.2) is 344 Å². The van der Waals surface area contributed by atoms with Crippen molar-refractivity contribution in [3.63, 3.8) is 0 Å². The van der Waals surface area contributed by atoms with Crippen LogP contribution in [0.4, 0.5) is 69.4 Å². The summed E-state index contributed by atoms with van der Waals surface area (Å²) in [7, 11) is 18.6. The number of pyridine rings is 7. The SMILES string of the molecule is CC1CCN(n2c(C(=O)N(C)C)cc3cnc(Nc4ccc(N5CCNCC5)cn4)nc32)CC1.CN(C)C(=O)c1cc2cnc(Nc3ccc(N4CCNCC4)cn3)cc2n1N1CCCCC1.CN1CCN(c2ccc(Nc3cc4c(cn3)cc(C(=O)N(C)C)n4N3CCCC3)nc2)CC1.CN1CCN(c2ccc(Nc3cc4c(cn3)cc(C(=O)N(C)C)n4N3CCCCC3)nc2)CC1. The van der Waals surface area contributed by atoms with Gasteiger partial charge in [0.1, 0.15) is 63.5 Å². The largest absolute Gasteiger partial charge is 0.368 e. The fourth-order valence-corrected chi connectivity index (χ4v) is 18.6. The van der Waals surface area contributed by atoms with Crippen LogP contribution in [0.3, 0.4) is 0 Å². The highest BCUT2D eigenvalue weighted by Gasteiger charge is 2.31.